The Morgan fingerprint density at radius 3 is 2.78 bits per heavy atom. The highest BCUT2D eigenvalue weighted by atomic mass is 16.2. The molecule has 122 valence electrons. The van der Waals surface area contributed by atoms with Crippen LogP contribution >= 0.6 is 0 Å². The number of hydrogen-bond acceptors (Lipinski definition) is 4. The predicted molar refractivity (Wildman–Crippen MR) is 88.2 cm³/mol. The molecule has 1 unspecified atom stereocenters. The minimum atomic E-state index is -0.553. The number of rotatable bonds is 8. The predicted octanol–water partition coefficient (Wildman–Crippen LogP) is 1.45. The summed E-state index contributed by atoms with van der Waals surface area (Å²) in [4.78, 5) is 24.0. The van der Waals surface area contributed by atoms with Crippen LogP contribution in [0.5, 0.6) is 0 Å². The van der Waals surface area contributed by atoms with E-state index in [1.807, 2.05) is 43.5 Å². The van der Waals surface area contributed by atoms with Gasteiger partial charge in [-0.15, -0.1) is 0 Å². The Hall–Kier alpha value is -2.47. The third-order valence-electron chi connectivity index (χ3n) is 3.60. The molecule has 2 aromatic rings. The molecule has 0 bridgehead atoms. The molecule has 0 radical (unpaired) electrons. The van der Waals surface area contributed by atoms with Gasteiger partial charge in [0, 0.05) is 18.9 Å². The molecule has 1 amide bonds. The fourth-order valence-corrected chi connectivity index (χ4v) is 2.35. The lowest BCUT2D eigenvalue weighted by Gasteiger charge is -2.13. The smallest absolute Gasteiger partial charge is 0.289 e. The van der Waals surface area contributed by atoms with Crippen molar-refractivity contribution < 1.29 is 9.59 Å². The van der Waals surface area contributed by atoms with Gasteiger partial charge in [-0.05, 0) is 37.2 Å². The summed E-state index contributed by atoms with van der Waals surface area (Å²) in [5.74, 6) is -0.972. The van der Waals surface area contributed by atoms with E-state index in [4.69, 9.17) is 0 Å². The zero-order valence-electron chi connectivity index (χ0n) is 13.5. The van der Waals surface area contributed by atoms with Crippen molar-refractivity contribution in [1.82, 2.24) is 20.4 Å². The first-order chi connectivity index (χ1) is 11.2. The minimum absolute atomic E-state index is 0.308. The molecule has 6 heteroatoms. The summed E-state index contributed by atoms with van der Waals surface area (Å²) in [6.45, 7) is 2.29. The second-order valence-electron chi connectivity index (χ2n) is 5.30. The number of amides is 1. The SMILES string of the molecule is CCCC(NC)C(=O)C(=O)NCc1cccc(-n2cccn2)c1. The van der Waals surface area contributed by atoms with Gasteiger partial charge < -0.3 is 10.6 Å². The van der Waals surface area contributed by atoms with Gasteiger partial charge in [0.2, 0.25) is 5.78 Å². The lowest BCUT2D eigenvalue weighted by Crippen LogP contribution is -2.43. The number of benzene rings is 1. The molecule has 0 saturated heterocycles. The lowest BCUT2D eigenvalue weighted by molar-refractivity contribution is -0.139. The van der Waals surface area contributed by atoms with Crippen molar-refractivity contribution in [2.45, 2.75) is 32.4 Å². The summed E-state index contributed by atoms with van der Waals surface area (Å²) in [6, 6.07) is 9.09. The molecule has 6 nitrogen and oxygen atoms in total. The van der Waals surface area contributed by atoms with Gasteiger partial charge in [0.05, 0.1) is 11.7 Å². The topological polar surface area (TPSA) is 76.0 Å². The minimum Gasteiger partial charge on any atom is -0.345 e. The van der Waals surface area contributed by atoms with E-state index in [1.54, 1.807) is 17.9 Å². The van der Waals surface area contributed by atoms with Crippen molar-refractivity contribution in [2.75, 3.05) is 7.05 Å². The van der Waals surface area contributed by atoms with Crippen LogP contribution in [0.1, 0.15) is 25.3 Å². The Morgan fingerprint density at radius 2 is 2.13 bits per heavy atom. The van der Waals surface area contributed by atoms with Crippen LogP contribution in [-0.4, -0.2) is 34.6 Å². The standard InChI is InChI=1S/C17H22N4O2/c1-3-6-15(18-2)16(22)17(23)19-12-13-7-4-8-14(11-13)21-10-5-9-20-21/h4-5,7-11,15,18H,3,6,12H2,1-2H3,(H,19,23). The van der Waals surface area contributed by atoms with Crippen LogP contribution in [0.3, 0.4) is 0 Å². The molecular formula is C17H22N4O2. The molecule has 0 saturated carbocycles. The molecular weight excluding hydrogens is 292 g/mol. The Morgan fingerprint density at radius 1 is 1.30 bits per heavy atom. The third kappa shape index (κ3) is 4.50. The highest BCUT2D eigenvalue weighted by molar-refractivity contribution is 6.38. The van der Waals surface area contributed by atoms with E-state index in [9.17, 15) is 9.59 Å². The van der Waals surface area contributed by atoms with Gasteiger partial charge in [-0.3, -0.25) is 9.59 Å². The molecule has 1 heterocycles. The zero-order valence-corrected chi connectivity index (χ0v) is 13.5. The van der Waals surface area contributed by atoms with Gasteiger partial charge in [-0.2, -0.15) is 5.10 Å². The maximum absolute atomic E-state index is 12.1. The summed E-state index contributed by atoms with van der Waals surface area (Å²) >= 11 is 0. The average Bonchev–Trinajstić information content (AvgIpc) is 3.12. The van der Waals surface area contributed by atoms with Crippen LogP contribution in [0.15, 0.2) is 42.7 Å². The van der Waals surface area contributed by atoms with Crippen LogP contribution in [0, 0.1) is 0 Å². The molecule has 1 aromatic heterocycles. The van der Waals surface area contributed by atoms with E-state index in [1.165, 1.54) is 0 Å². The van der Waals surface area contributed by atoms with Crippen LogP contribution in [0.2, 0.25) is 0 Å². The first kappa shape index (κ1) is 16.9. The fourth-order valence-electron chi connectivity index (χ4n) is 2.35. The van der Waals surface area contributed by atoms with Gasteiger partial charge in [0.25, 0.3) is 5.91 Å². The van der Waals surface area contributed by atoms with Crippen molar-refractivity contribution in [3.8, 4) is 5.69 Å². The Kier molecular flexibility index (Phi) is 6.05. The van der Waals surface area contributed by atoms with E-state index in [2.05, 4.69) is 15.7 Å². The molecule has 2 rings (SSSR count). The van der Waals surface area contributed by atoms with Crippen LogP contribution in [0.4, 0.5) is 0 Å². The maximum atomic E-state index is 12.1. The first-order valence-electron chi connectivity index (χ1n) is 7.74. The number of carbonyl (C=O) groups is 2. The van der Waals surface area contributed by atoms with Crippen molar-refractivity contribution in [3.05, 3.63) is 48.3 Å². The van der Waals surface area contributed by atoms with Crippen molar-refractivity contribution in [2.24, 2.45) is 0 Å². The number of nitrogens with zero attached hydrogens (tertiary/aromatic N) is 2. The highest BCUT2D eigenvalue weighted by Gasteiger charge is 2.22. The summed E-state index contributed by atoms with van der Waals surface area (Å²) in [6.07, 6.45) is 5.05. The number of nitrogens with one attached hydrogen (secondary N) is 2. The van der Waals surface area contributed by atoms with Gasteiger partial charge in [-0.25, -0.2) is 4.68 Å². The molecule has 0 spiro atoms. The van der Waals surface area contributed by atoms with Crippen LogP contribution in [-0.2, 0) is 16.1 Å². The lowest BCUT2D eigenvalue weighted by atomic mass is 10.1. The Balaban J connectivity index is 1.96. The van der Waals surface area contributed by atoms with Gasteiger partial charge in [0.1, 0.15) is 0 Å². The summed E-state index contributed by atoms with van der Waals surface area (Å²) in [7, 11) is 1.69. The van der Waals surface area contributed by atoms with Crippen molar-refractivity contribution in [1.29, 1.82) is 0 Å². The monoisotopic (exact) mass is 314 g/mol. The van der Waals surface area contributed by atoms with Gasteiger partial charge >= 0.3 is 0 Å². The van der Waals surface area contributed by atoms with E-state index in [0.717, 1.165) is 17.7 Å². The number of likely N-dealkylation sites (N-methyl/N-ethyl adjacent to an activating group) is 1. The second kappa shape index (κ2) is 8.24. The van der Waals surface area contributed by atoms with E-state index in [-0.39, 0.29) is 0 Å². The zero-order chi connectivity index (χ0) is 16.7. The van der Waals surface area contributed by atoms with Gasteiger partial charge in [-0.1, -0.05) is 25.5 Å². The normalized spacial score (nSPS) is 11.9. The summed E-state index contributed by atoms with van der Waals surface area (Å²) < 4.78 is 1.74. The molecule has 1 atom stereocenters. The number of Topliss-reactive ketones (excluding diaryl/α,β-unsaturated/α-hetero) is 1. The first-order valence-corrected chi connectivity index (χ1v) is 7.74. The summed E-state index contributed by atoms with van der Waals surface area (Å²) in [5, 5.41) is 9.75. The number of ketones is 1. The van der Waals surface area contributed by atoms with E-state index in [0.29, 0.717) is 13.0 Å². The molecule has 0 aliphatic rings. The van der Waals surface area contributed by atoms with Crippen LogP contribution in [0.25, 0.3) is 5.69 Å². The molecule has 0 fully saturated rings. The Bertz CT molecular complexity index is 652. The molecule has 1 aromatic carbocycles. The quantitative estimate of drug-likeness (QED) is 0.723. The van der Waals surface area contributed by atoms with Gasteiger partial charge in [0.15, 0.2) is 0 Å². The van der Waals surface area contributed by atoms with Crippen molar-refractivity contribution in [3.63, 3.8) is 0 Å². The highest BCUT2D eigenvalue weighted by Crippen LogP contribution is 2.09. The molecule has 0 aliphatic carbocycles. The third-order valence-corrected chi connectivity index (χ3v) is 3.60. The molecule has 23 heavy (non-hydrogen) atoms. The molecule has 2 N–H and O–H groups in total. The average molecular weight is 314 g/mol. The number of hydrogen-bond donors (Lipinski definition) is 2. The second-order valence-corrected chi connectivity index (χ2v) is 5.30. The number of carbonyl (C=O) groups excluding carboxylic acids is 2. The molecule has 0 aliphatic heterocycles. The van der Waals surface area contributed by atoms with E-state index < -0.39 is 17.7 Å². The van der Waals surface area contributed by atoms with Crippen LogP contribution < -0.4 is 10.6 Å². The van der Waals surface area contributed by atoms with Crippen molar-refractivity contribution >= 4 is 11.7 Å². The fraction of sp³-hybridized carbons (Fsp3) is 0.353. The summed E-state index contributed by atoms with van der Waals surface area (Å²) in [5.41, 5.74) is 1.82. The number of aromatic nitrogens is 2. The maximum Gasteiger partial charge on any atom is 0.289 e. The van der Waals surface area contributed by atoms with E-state index >= 15 is 0 Å². The largest absolute Gasteiger partial charge is 0.345 e. The Labute approximate surface area is 135 Å².